The minimum atomic E-state index is 0.181. The maximum absolute atomic E-state index is 5.42. The fourth-order valence-corrected chi connectivity index (χ4v) is 2.83. The average Bonchev–Trinajstić information content (AvgIpc) is 2.56. The predicted molar refractivity (Wildman–Crippen MR) is 104 cm³/mol. The molecule has 0 aliphatic rings. The topological polar surface area (TPSA) is 24.1 Å². The number of hydrogen-bond donors (Lipinski definition) is 2. The number of anilines is 1. The molecule has 0 heterocycles. The van der Waals surface area contributed by atoms with Gasteiger partial charge in [-0.25, -0.2) is 0 Å². The summed E-state index contributed by atoms with van der Waals surface area (Å²) in [5.41, 5.74) is 4.98. The van der Waals surface area contributed by atoms with E-state index >= 15 is 0 Å². The SMILES string of the molecule is CCCc1ccc(C(C)NC(=S)Nc2ccc(CC)cc2)cc1. The van der Waals surface area contributed by atoms with Crippen molar-refractivity contribution in [1.82, 2.24) is 5.32 Å². The zero-order valence-corrected chi connectivity index (χ0v) is 15.0. The fourth-order valence-electron chi connectivity index (χ4n) is 2.53. The van der Waals surface area contributed by atoms with Crippen LogP contribution in [0.2, 0.25) is 0 Å². The molecule has 0 bridgehead atoms. The van der Waals surface area contributed by atoms with Gasteiger partial charge in [-0.15, -0.1) is 0 Å². The van der Waals surface area contributed by atoms with E-state index in [4.69, 9.17) is 12.2 Å². The van der Waals surface area contributed by atoms with Gasteiger partial charge in [0.1, 0.15) is 0 Å². The van der Waals surface area contributed by atoms with Crippen LogP contribution in [0, 0.1) is 0 Å². The minimum Gasteiger partial charge on any atom is -0.356 e. The number of benzene rings is 2. The number of hydrogen-bond acceptors (Lipinski definition) is 1. The van der Waals surface area contributed by atoms with Gasteiger partial charge >= 0.3 is 0 Å². The highest BCUT2D eigenvalue weighted by Crippen LogP contribution is 2.15. The number of rotatable bonds is 6. The summed E-state index contributed by atoms with van der Waals surface area (Å²) in [6, 6.07) is 17.3. The fraction of sp³-hybridized carbons (Fsp3) is 0.350. The van der Waals surface area contributed by atoms with Crippen molar-refractivity contribution < 1.29 is 0 Å². The number of thiocarbonyl (C=S) groups is 1. The highest BCUT2D eigenvalue weighted by atomic mass is 32.1. The van der Waals surface area contributed by atoms with Gasteiger partial charge in [-0.1, -0.05) is 56.7 Å². The maximum atomic E-state index is 5.42. The Morgan fingerprint density at radius 2 is 1.57 bits per heavy atom. The lowest BCUT2D eigenvalue weighted by atomic mass is 10.0. The van der Waals surface area contributed by atoms with E-state index in [9.17, 15) is 0 Å². The Morgan fingerprint density at radius 1 is 0.957 bits per heavy atom. The lowest BCUT2D eigenvalue weighted by Gasteiger charge is -2.18. The monoisotopic (exact) mass is 326 g/mol. The summed E-state index contributed by atoms with van der Waals surface area (Å²) in [4.78, 5) is 0. The lowest BCUT2D eigenvalue weighted by Crippen LogP contribution is -2.30. The van der Waals surface area contributed by atoms with E-state index in [1.807, 2.05) is 0 Å². The molecular formula is C20H26N2S. The van der Waals surface area contributed by atoms with Gasteiger partial charge in [0, 0.05) is 5.69 Å². The molecule has 1 atom stereocenters. The minimum absolute atomic E-state index is 0.181. The van der Waals surface area contributed by atoms with Crippen LogP contribution in [0.1, 0.15) is 49.9 Å². The second-order valence-corrected chi connectivity index (χ2v) is 6.27. The van der Waals surface area contributed by atoms with E-state index in [0.29, 0.717) is 5.11 Å². The third kappa shape index (κ3) is 5.36. The molecule has 0 saturated heterocycles. The van der Waals surface area contributed by atoms with E-state index in [2.05, 4.69) is 79.9 Å². The van der Waals surface area contributed by atoms with Crippen molar-refractivity contribution in [2.75, 3.05) is 5.32 Å². The Balaban J connectivity index is 1.90. The second kappa shape index (κ2) is 8.68. The highest BCUT2D eigenvalue weighted by Gasteiger charge is 2.07. The molecular weight excluding hydrogens is 300 g/mol. The van der Waals surface area contributed by atoms with Gasteiger partial charge in [0.25, 0.3) is 0 Å². The molecule has 122 valence electrons. The van der Waals surface area contributed by atoms with Crippen molar-refractivity contribution in [3.8, 4) is 0 Å². The highest BCUT2D eigenvalue weighted by molar-refractivity contribution is 7.80. The van der Waals surface area contributed by atoms with Gasteiger partial charge in [0.2, 0.25) is 0 Å². The van der Waals surface area contributed by atoms with E-state index in [-0.39, 0.29) is 6.04 Å². The molecule has 2 rings (SSSR count). The molecule has 0 aliphatic carbocycles. The van der Waals surface area contributed by atoms with Crippen molar-refractivity contribution in [2.45, 2.75) is 46.1 Å². The van der Waals surface area contributed by atoms with Gasteiger partial charge in [0.15, 0.2) is 5.11 Å². The molecule has 0 aromatic heterocycles. The normalized spacial score (nSPS) is 11.8. The van der Waals surface area contributed by atoms with Crippen LogP contribution in [0.25, 0.3) is 0 Å². The van der Waals surface area contributed by atoms with Gasteiger partial charge in [-0.05, 0) is 60.8 Å². The summed E-state index contributed by atoms with van der Waals surface area (Å²) in [6.07, 6.45) is 3.36. The zero-order valence-electron chi connectivity index (χ0n) is 14.2. The Kier molecular flexibility index (Phi) is 6.60. The molecule has 2 nitrogen and oxygen atoms in total. The summed E-state index contributed by atoms with van der Waals surface area (Å²) in [6.45, 7) is 6.49. The van der Waals surface area contributed by atoms with Gasteiger partial charge in [-0.3, -0.25) is 0 Å². The van der Waals surface area contributed by atoms with E-state index in [1.54, 1.807) is 0 Å². The average molecular weight is 327 g/mol. The third-order valence-electron chi connectivity index (χ3n) is 3.99. The molecule has 0 radical (unpaired) electrons. The predicted octanol–water partition coefficient (Wildman–Crippen LogP) is 5.25. The van der Waals surface area contributed by atoms with Crippen molar-refractivity contribution in [1.29, 1.82) is 0 Å². The lowest BCUT2D eigenvalue weighted by molar-refractivity contribution is 0.722. The van der Waals surface area contributed by atoms with Gasteiger partial charge in [0.05, 0.1) is 6.04 Å². The van der Waals surface area contributed by atoms with Gasteiger partial charge < -0.3 is 10.6 Å². The first-order valence-corrected chi connectivity index (χ1v) is 8.78. The number of nitrogens with one attached hydrogen (secondary N) is 2. The molecule has 2 N–H and O–H groups in total. The van der Waals surface area contributed by atoms with Crippen molar-refractivity contribution in [3.05, 3.63) is 65.2 Å². The molecule has 0 aliphatic heterocycles. The molecule has 23 heavy (non-hydrogen) atoms. The smallest absolute Gasteiger partial charge is 0.171 e. The van der Waals surface area contributed by atoms with Crippen molar-refractivity contribution in [2.24, 2.45) is 0 Å². The van der Waals surface area contributed by atoms with E-state index in [1.165, 1.54) is 23.1 Å². The quantitative estimate of drug-likeness (QED) is 0.709. The Hall–Kier alpha value is -1.87. The van der Waals surface area contributed by atoms with Crippen LogP contribution >= 0.6 is 12.2 Å². The van der Waals surface area contributed by atoms with Crippen LogP contribution in [0.15, 0.2) is 48.5 Å². The van der Waals surface area contributed by atoms with Crippen molar-refractivity contribution in [3.63, 3.8) is 0 Å². The largest absolute Gasteiger partial charge is 0.356 e. The molecule has 0 spiro atoms. The van der Waals surface area contributed by atoms with E-state index < -0.39 is 0 Å². The first kappa shape index (κ1) is 17.5. The molecule has 0 amide bonds. The first-order valence-electron chi connectivity index (χ1n) is 8.37. The molecule has 3 heteroatoms. The summed E-state index contributed by atoms with van der Waals surface area (Å²) >= 11 is 5.42. The van der Waals surface area contributed by atoms with Crippen LogP contribution in [0.5, 0.6) is 0 Å². The summed E-state index contributed by atoms with van der Waals surface area (Å²) in [5.74, 6) is 0. The van der Waals surface area contributed by atoms with E-state index in [0.717, 1.165) is 18.5 Å². The third-order valence-corrected chi connectivity index (χ3v) is 4.21. The van der Waals surface area contributed by atoms with Gasteiger partial charge in [-0.2, -0.15) is 0 Å². The summed E-state index contributed by atoms with van der Waals surface area (Å²) in [5, 5.41) is 7.24. The molecule has 2 aromatic carbocycles. The summed E-state index contributed by atoms with van der Waals surface area (Å²) in [7, 11) is 0. The Labute approximate surface area is 145 Å². The zero-order chi connectivity index (χ0) is 16.7. The number of aryl methyl sites for hydroxylation is 2. The van der Waals surface area contributed by atoms with Crippen LogP contribution in [-0.4, -0.2) is 5.11 Å². The van der Waals surface area contributed by atoms with Crippen LogP contribution in [0.3, 0.4) is 0 Å². The Morgan fingerprint density at radius 3 is 2.13 bits per heavy atom. The van der Waals surface area contributed by atoms with Crippen molar-refractivity contribution >= 4 is 23.0 Å². The second-order valence-electron chi connectivity index (χ2n) is 5.86. The molecule has 0 saturated carbocycles. The first-order chi connectivity index (χ1) is 11.1. The standard InChI is InChI=1S/C20H26N2S/c1-4-6-17-7-11-18(12-8-17)15(3)21-20(23)22-19-13-9-16(5-2)10-14-19/h7-15H,4-6H2,1-3H3,(H2,21,22,23). The van der Waals surface area contributed by atoms with Crippen LogP contribution in [0.4, 0.5) is 5.69 Å². The van der Waals surface area contributed by atoms with Crippen LogP contribution < -0.4 is 10.6 Å². The van der Waals surface area contributed by atoms with Crippen LogP contribution in [-0.2, 0) is 12.8 Å². The summed E-state index contributed by atoms with van der Waals surface area (Å²) < 4.78 is 0. The Bertz CT molecular complexity index is 617. The maximum Gasteiger partial charge on any atom is 0.171 e. The molecule has 0 fully saturated rings. The molecule has 1 unspecified atom stereocenters. The molecule has 2 aromatic rings.